The van der Waals surface area contributed by atoms with Gasteiger partial charge in [-0.05, 0) is 43.2 Å². The van der Waals surface area contributed by atoms with Crippen LogP contribution >= 0.6 is 24.0 Å². The average Bonchev–Trinajstić information content (AvgIpc) is 2.75. The molecule has 29 heavy (non-hydrogen) atoms. The summed E-state index contributed by atoms with van der Waals surface area (Å²) in [6.45, 7) is 5.67. The van der Waals surface area contributed by atoms with Crippen LogP contribution in [0.5, 0.6) is 11.5 Å². The number of benzene rings is 2. The minimum atomic E-state index is 0. The van der Waals surface area contributed by atoms with Gasteiger partial charge in [-0.2, -0.15) is 0 Å². The number of halogens is 1. The number of ether oxygens (including phenoxy) is 2. The first-order valence-electron chi connectivity index (χ1n) is 10.2. The van der Waals surface area contributed by atoms with Crippen LogP contribution in [0.4, 0.5) is 0 Å². The van der Waals surface area contributed by atoms with Crippen LogP contribution in [0.1, 0.15) is 25.3 Å². The van der Waals surface area contributed by atoms with Crippen molar-refractivity contribution in [3.05, 3.63) is 60.2 Å². The fourth-order valence-electron chi connectivity index (χ4n) is 3.42. The minimum Gasteiger partial charge on any atom is -0.497 e. The summed E-state index contributed by atoms with van der Waals surface area (Å²) in [5, 5.41) is 3.44. The van der Waals surface area contributed by atoms with Crippen molar-refractivity contribution in [1.29, 1.82) is 0 Å². The van der Waals surface area contributed by atoms with E-state index in [1.807, 2.05) is 42.5 Å². The lowest BCUT2D eigenvalue weighted by Crippen LogP contribution is -2.47. The smallest absolute Gasteiger partial charge is 0.193 e. The Kier molecular flexibility index (Phi) is 10.1. The summed E-state index contributed by atoms with van der Waals surface area (Å²) in [6.07, 6.45) is 3.20. The van der Waals surface area contributed by atoms with Gasteiger partial charge in [0.2, 0.25) is 0 Å². The van der Waals surface area contributed by atoms with Gasteiger partial charge >= 0.3 is 0 Å². The van der Waals surface area contributed by atoms with Crippen LogP contribution in [-0.2, 0) is 6.42 Å². The number of guanidine groups is 1. The SMILES string of the molecule is CCNC(=NCCc1cccc(OC)c1)N1CCC(Oc2ccccc2)CC1.I. The first-order chi connectivity index (χ1) is 13.8. The van der Waals surface area contributed by atoms with Gasteiger partial charge in [-0.3, -0.25) is 4.99 Å². The van der Waals surface area contributed by atoms with E-state index < -0.39 is 0 Å². The van der Waals surface area contributed by atoms with E-state index in [4.69, 9.17) is 14.5 Å². The number of piperidine rings is 1. The van der Waals surface area contributed by atoms with E-state index in [1.54, 1.807) is 7.11 Å². The first kappa shape index (κ1) is 23.3. The molecule has 6 heteroatoms. The van der Waals surface area contributed by atoms with Crippen molar-refractivity contribution in [1.82, 2.24) is 10.2 Å². The van der Waals surface area contributed by atoms with Crippen LogP contribution in [0.15, 0.2) is 59.6 Å². The highest BCUT2D eigenvalue weighted by atomic mass is 127. The van der Waals surface area contributed by atoms with Crippen molar-refractivity contribution in [3.8, 4) is 11.5 Å². The second-order valence-corrected chi connectivity index (χ2v) is 6.95. The summed E-state index contributed by atoms with van der Waals surface area (Å²) in [5.41, 5.74) is 1.24. The lowest BCUT2D eigenvalue weighted by molar-refractivity contribution is 0.129. The molecule has 0 unspecified atom stereocenters. The standard InChI is InChI=1S/C23H31N3O2.HI/c1-3-24-23(25-15-12-19-8-7-11-22(18-19)27-2)26-16-13-21(14-17-26)28-20-9-5-4-6-10-20;/h4-11,18,21H,3,12-17H2,1-2H3,(H,24,25);1H. The summed E-state index contributed by atoms with van der Waals surface area (Å²) < 4.78 is 11.4. The minimum absolute atomic E-state index is 0. The maximum Gasteiger partial charge on any atom is 0.193 e. The molecule has 1 N–H and O–H groups in total. The third-order valence-corrected chi connectivity index (χ3v) is 4.92. The van der Waals surface area contributed by atoms with Crippen molar-refractivity contribution in [2.75, 3.05) is 33.3 Å². The van der Waals surface area contributed by atoms with Crippen LogP contribution in [0.3, 0.4) is 0 Å². The fraction of sp³-hybridized carbons (Fsp3) is 0.435. The van der Waals surface area contributed by atoms with E-state index in [-0.39, 0.29) is 30.1 Å². The quantitative estimate of drug-likeness (QED) is 0.342. The molecule has 0 aromatic heterocycles. The predicted octanol–water partition coefficient (Wildman–Crippen LogP) is 4.36. The van der Waals surface area contributed by atoms with Gasteiger partial charge in [-0.15, -0.1) is 24.0 Å². The van der Waals surface area contributed by atoms with E-state index >= 15 is 0 Å². The predicted molar refractivity (Wildman–Crippen MR) is 130 cm³/mol. The molecule has 2 aromatic rings. The molecular weight excluding hydrogens is 477 g/mol. The lowest BCUT2D eigenvalue weighted by Gasteiger charge is -2.34. The molecule has 1 aliphatic rings. The Morgan fingerprint density at radius 1 is 1.07 bits per heavy atom. The highest BCUT2D eigenvalue weighted by Crippen LogP contribution is 2.19. The van der Waals surface area contributed by atoms with E-state index in [1.165, 1.54) is 5.56 Å². The average molecular weight is 509 g/mol. The Morgan fingerprint density at radius 2 is 1.79 bits per heavy atom. The molecule has 5 nitrogen and oxygen atoms in total. The lowest BCUT2D eigenvalue weighted by atomic mass is 10.1. The molecule has 158 valence electrons. The van der Waals surface area contributed by atoms with Crippen molar-refractivity contribution >= 4 is 29.9 Å². The zero-order valence-corrected chi connectivity index (χ0v) is 19.7. The molecule has 0 bridgehead atoms. The maximum absolute atomic E-state index is 6.11. The number of aliphatic imine (C=N–C) groups is 1. The molecule has 1 heterocycles. The van der Waals surface area contributed by atoms with Crippen LogP contribution in [-0.4, -0.2) is 50.3 Å². The van der Waals surface area contributed by atoms with Crippen molar-refractivity contribution in [2.45, 2.75) is 32.3 Å². The number of hydrogen-bond donors (Lipinski definition) is 1. The molecule has 0 spiro atoms. The summed E-state index contributed by atoms with van der Waals surface area (Å²) in [7, 11) is 1.70. The Balaban J connectivity index is 0.00000300. The van der Waals surface area contributed by atoms with Crippen LogP contribution in [0.2, 0.25) is 0 Å². The largest absolute Gasteiger partial charge is 0.497 e. The molecule has 0 radical (unpaired) electrons. The topological polar surface area (TPSA) is 46.1 Å². The fourth-order valence-corrected chi connectivity index (χ4v) is 3.42. The molecule has 1 fully saturated rings. The van der Waals surface area contributed by atoms with Gasteiger partial charge in [-0.25, -0.2) is 0 Å². The van der Waals surface area contributed by atoms with Gasteiger partial charge in [0.15, 0.2) is 5.96 Å². The molecule has 1 aliphatic heterocycles. The van der Waals surface area contributed by atoms with Gasteiger partial charge in [0, 0.05) is 39.0 Å². The number of nitrogens with one attached hydrogen (secondary N) is 1. The third kappa shape index (κ3) is 7.42. The molecule has 0 aliphatic carbocycles. The molecule has 3 rings (SSSR count). The summed E-state index contributed by atoms with van der Waals surface area (Å²) >= 11 is 0. The molecular formula is C23H32IN3O2. The number of nitrogens with zero attached hydrogens (tertiary/aromatic N) is 2. The van der Waals surface area contributed by atoms with Gasteiger partial charge in [0.1, 0.15) is 17.6 Å². The van der Waals surface area contributed by atoms with Crippen LogP contribution in [0, 0.1) is 0 Å². The molecule has 0 amide bonds. The third-order valence-electron chi connectivity index (χ3n) is 4.92. The van der Waals surface area contributed by atoms with E-state index in [2.05, 4.69) is 29.3 Å². The molecule has 1 saturated heterocycles. The Labute approximate surface area is 191 Å². The molecule has 0 atom stereocenters. The van der Waals surface area contributed by atoms with Crippen molar-refractivity contribution < 1.29 is 9.47 Å². The number of hydrogen-bond acceptors (Lipinski definition) is 3. The second-order valence-electron chi connectivity index (χ2n) is 6.95. The van der Waals surface area contributed by atoms with Crippen molar-refractivity contribution in [2.24, 2.45) is 4.99 Å². The van der Waals surface area contributed by atoms with Gasteiger partial charge < -0.3 is 19.7 Å². The van der Waals surface area contributed by atoms with E-state index in [9.17, 15) is 0 Å². The van der Waals surface area contributed by atoms with E-state index in [0.29, 0.717) is 0 Å². The monoisotopic (exact) mass is 509 g/mol. The number of para-hydroxylation sites is 1. The maximum atomic E-state index is 6.11. The summed E-state index contributed by atoms with van der Waals surface area (Å²) in [4.78, 5) is 7.19. The highest BCUT2D eigenvalue weighted by Gasteiger charge is 2.22. The number of rotatable bonds is 7. The summed E-state index contributed by atoms with van der Waals surface area (Å²) in [6, 6.07) is 18.3. The Morgan fingerprint density at radius 3 is 2.48 bits per heavy atom. The highest BCUT2D eigenvalue weighted by molar-refractivity contribution is 14.0. The normalized spacial score (nSPS) is 14.8. The zero-order chi connectivity index (χ0) is 19.6. The number of likely N-dealkylation sites (tertiary alicyclic amines) is 1. The molecule has 0 saturated carbocycles. The van der Waals surface area contributed by atoms with E-state index in [0.717, 1.165) is 62.9 Å². The molecule has 2 aromatic carbocycles. The van der Waals surface area contributed by atoms with Crippen molar-refractivity contribution in [3.63, 3.8) is 0 Å². The number of methoxy groups -OCH3 is 1. The van der Waals surface area contributed by atoms with Crippen LogP contribution < -0.4 is 14.8 Å². The van der Waals surface area contributed by atoms with Gasteiger partial charge in [-0.1, -0.05) is 30.3 Å². The summed E-state index contributed by atoms with van der Waals surface area (Å²) in [5.74, 6) is 2.86. The van der Waals surface area contributed by atoms with Gasteiger partial charge in [0.05, 0.1) is 7.11 Å². The zero-order valence-electron chi connectivity index (χ0n) is 17.3. The van der Waals surface area contributed by atoms with Crippen LogP contribution in [0.25, 0.3) is 0 Å². The van der Waals surface area contributed by atoms with Gasteiger partial charge in [0.25, 0.3) is 0 Å². The Bertz CT molecular complexity index is 747. The first-order valence-corrected chi connectivity index (χ1v) is 10.2. The second kappa shape index (κ2) is 12.6. The Hall–Kier alpha value is -1.96.